The molecule has 3 aromatic rings. The van der Waals surface area contributed by atoms with Crippen molar-refractivity contribution >= 4 is 16.9 Å². The molecule has 0 bridgehead atoms. The number of benzene rings is 1. The lowest BCUT2D eigenvalue weighted by atomic mass is 10.1. The molecule has 0 unspecified atom stereocenters. The summed E-state index contributed by atoms with van der Waals surface area (Å²) in [5.74, 6) is -1.29. The molecule has 0 aliphatic heterocycles. The van der Waals surface area contributed by atoms with Crippen molar-refractivity contribution in [2.24, 2.45) is 0 Å². The van der Waals surface area contributed by atoms with Crippen molar-refractivity contribution in [1.82, 2.24) is 10.1 Å². The van der Waals surface area contributed by atoms with Gasteiger partial charge in [-0.1, -0.05) is 24.6 Å². The average Bonchev–Trinajstić information content (AvgIpc) is 3.19. The Morgan fingerprint density at radius 3 is 2.50 bits per heavy atom. The number of unbranched alkanes of at least 4 members (excludes halogenated alkanes) is 1. The summed E-state index contributed by atoms with van der Waals surface area (Å²) in [6.45, 7) is 1.59. The highest BCUT2D eigenvalue weighted by Gasteiger charge is 2.37. The van der Waals surface area contributed by atoms with E-state index in [1.165, 1.54) is 6.07 Å². The molecule has 0 radical (unpaired) electrons. The Morgan fingerprint density at radius 2 is 1.84 bits per heavy atom. The van der Waals surface area contributed by atoms with Crippen molar-refractivity contribution in [2.75, 3.05) is 6.61 Å². The molecular formula is C20H16F6N2O4. The van der Waals surface area contributed by atoms with Gasteiger partial charge in [0.2, 0.25) is 0 Å². The number of carbonyl (C=O) groups excluding carboxylic acids is 1. The average molecular weight is 462 g/mol. The van der Waals surface area contributed by atoms with Crippen LogP contribution in [0.25, 0.3) is 10.9 Å². The van der Waals surface area contributed by atoms with E-state index in [1.54, 1.807) is 0 Å². The zero-order valence-corrected chi connectivity index (χ0v) is 16.5. The number of hydrogen-bond acceptors (Lipinski definition) is 6. The first-order chi connectivity index (χ1) is 15.0. The van der Waals surface area contributed by atoms with Crippen molar-refractivity contribution in [1.29, 1.82) is 0 Å². The molecule has 12 heteroatoms. The first-order valence-electron chi connectivity index (χ1n) is 9.34. The summed E-state index contributed by atoms with van der Waals surface area (Å²) in [6.07, 6.45) is -8.48. The zero-order chi connectivity index (χ0) is 23.5. The fraction of sp³-hybridized carbons (Fsp3) is 0.350. The lowest BCUT2D eigenvalue weighted by molar-refractivity contribution is -0.142. The lowest BCUT2D eigenvalue weighted by Crippen LogP contribution is -2.12. The lowest BCUT2D eigenvalue weighted by Gasteiger charge is -2.15. The van der Waals surface area contributed by atoms with E-state index in [0.717, 1.165) is 18.6 Å². The van der Waals surface area contributed by atoms with Crippen molar-refractivity contribution < 1.29 is 45.1 Å². The summed E-state index contributed by atoms with van der Waals surface area (Å²) in [6, 6.07) is 4.49. The van der Waals surface area contributed by atoms with Gasteiger partial charge in [-0.05, 0) is 18.6 Å². The van der Waals surface area contributed by atoms with Gasteiger partial charge in [0.25, 0.3) is 0 Å². The molecule has 0 aliphatic rings. The standard InChI is InChI=1S/C20H16F6N2O4/c1-2-3-7-30-18(29)14-8-11(32-28-14)10-31-15-9-16(20(24,25)26)27-17-12(15)5-4-6-13(17)19(21,22)23/h4-6,8-9H,2-3,7,10H2,1H3. The third kappa shape index (κ3) is 5.29. The van der Waals surface area contributed by atoms with Gasteiger partial charge in [0.15, 0.2) is 11.5 Å². The van der Waals surface area contributed by atoms with Gasteiger partial charge in [-0.25, -0.2) is 9.78 Å². The predicted molar refractivity (Wildman–Crippen MR) is 97.8 cm³/mol. The normalized spacial score (nSPS) is 12.2. The van der Waals surface area contributed by atoms with E-state index < -0.39 is 47.5 Å². The Kier molecular flexibility index (Phi) is 6.60. The molecule has 2 aromatic heterocycles. The maximum Gasteiger partial charge on any atom is 0.433 e. The summed E-state index contributed by atoms with van der Waals surface area (Å²) < 4.78 is 94.7. The summed E-state index contributed by atoms with van der Waals surface area (Å²) >= 11 is 0. The number of alkyl halides is 6. The number of halogens is 6. The van der Waals surface area contributed by atoms with Gasteiger partial charge in [0.05, 0.1) is 17.7 Å². The largest absolute Gasteiger partial charge is 0.485 e. The Bertz CT molecular complexity index is 1110. The van der Waals surface area contributed by atoms with Crippen LogP contribution in [0.3, 0.4) is 0 Å². The quantitative estimate of drug-likeness (QED) is 0.251. The summed E-state index contributed by atoms with van der Waals surface area (Å²) in [5.41, 5.74) is -3.95. The van der Waals surface area contributed by atoms with E-state index in [2.05, 4.69) is 10.1 Å². The van der Waals surface area contributed by atoms with Crippen LogP contribution in [0.5, 0.6) is 5.75 Å². The number of aromatic nitrogens is 2. The van der Waals surface area contributed by atoms with Crippen LogP contribution in [0, 0.1) is 0 Å². The first-order valence-corrected chi connectivity index (χ1v) is 9.34. The van der Waals surface area contributed by atoms with E-state index in [-0.39, 0.29) is 23.4 Å². The van der Waals surface area contributed by atoms with Crippen LogP contribution in [-0.2, 0) is 23.7 Å². The predicted octanol–water partition coefficient (Wildman–Crippen LogP) is 5.80. The van der Waals surface area contributed by atoms with Crippen LogP contribution < -0.4 is 4.74 Å². The van der Waals surface area contributed by atoms with Crippen molar-refractivity contribution in [2.45, 2.75) is 38.7 Å². The van der Waals surface area contributed by atoms with E-state index in [4.69, 9.17) is 14.0 Å². The maximum absolute atomic E-state index is 13.3. The van der Waals surface area contributed by atoms with Crippen LogP contribution in [0.1, 0.15) is 47.3 Å². The van der Waals surface area contributed by atoms with Crippen molar-refractivity contribution in [3.05, 3.63) is 53.0 Å². The molecule has 1 aromatic carbocycles. The molecule has 2 heterocycles. The van der Waals surface area contributed by atoms with Crippen molar-refractivity contribution in [3.63, 3.8) is 0 Å². The second kappa shape index (κ2) is 9.05. The molecule has 0 saturated heterocycles. The second-order valence-corrected chi connectivity index (χ2v) is 6.66. The third-order valence-corrected chi connectivity index (χ3v) is 4.27. The number of esters is 1. The number of pyridine rings is 1. The molecule has 6 nitrogen and oxygen atoms in total. The van der Waals surface area contributed by atoms with Crippen LogP contribution in [0.15, 0.2) is 34.9 Å². The van der Waals surface area contributed by atoms with E-state index in [0.29, 0.717) is 18.6 Å². The second-order valence-electron chi connectivity index (χ2n) is 6.66. The summed E-state index contributed by atoms with van der Waals surface area (Å²) in [5, 5.41) is 3.23. The fourth-order valence-corrected chi connectivity index (χ4v) is 2.72. The van der Waals surface area contributed by atoms with E-state index in [1.807, 2.05) is 6.92 Å². The third-order valence-electron chi connectivity index (χ3n) is 4.27. The number of hydrogen-bond donors (Lipinski definition) is 0. The Balaban J connectivity index is 1.90. The molecule has 3 rings (SSSR count). The number of carbonyl (C=O) groups is 1. The Hall–Kier alpha value is -3.31. The smallest absolute Gasteiger partial charge is 0.433 e. The number of para-hydroxylation sites is 1. The minimum atomic E-state index is -5.01. The van der Waals surface area contributed by atoms with Gasteiger partial charge in [-0.3, -0.25) is 0 Å². The van der Waals surface area contributed by atoms with E-state index >= 15 is 0 Å². The van der Waals surface area contributed by atoms with Gasteiger partial charge < -0.3 is 14.0 Å². The van der Waals surface area contributed by atoms with Crippen LogP contribution in [-0.4, -0.2) is 22.7 Å². The monoisotopic (exact) mass is 462 g/mol. The topological polar surface area (TPSA) is 74.5 Å². The number of fused-ring (bicyclic) bond motifs is 1. The Labute approximate surface area is 177 Å². The molecule has 172 valence electrons. The molecule has 0 fully saturated rings. The highest BCUT2D eigenvalue weighted by Crippen LogP contribution is 2.40. The first kappa shape index (κ1) is 23.4. The van der Waals surface area contributed by atoms with Gasteiger partial charge >= 0.3 is 18.3 Å². The zero-order valence-electron chi connectivity index (χ0n) is 16.5. The number of rotatable bonds is 7. The SMILES string of the molecule is CCCCOC(=O)c1cc(COc2cc(C(F)(F)F)nc3c(C(F)(F)F)cccc23)on1. The van der Waals surface area contributed by atoms with Crippen LogP contribution in [0.4, 0.5) is 26.3 Å². The van der Waals surface area contributed by atoms with E-state index in [9.17, 15) is 31.1 Å². The number of ether oxygens (including phenoxy) is 2. The van der Waals surface area contributed by atoms with Gasteiger partial charge in [0.1, 0.15) is 18.1 Å². The van der Waals surface area contributed by atoms with Gasteiger partial charge in [0, 0.05) is 17.5 Å². The molecule has 32 heavy (non-hydrogen) atoms. The van der Waals surface area contributed by atoms with Crippen molar-refractivity contribution in [3.8, 4) is 5.75 Å². The maximum atomic E-state index is 13.3. The Morgan fingerprint density at radius 1 is 1.09 bits per heavy atom. The molecular weight excluding hydrogens is 446 g/mol. The van der Waals surface area contributed by atoms with Crippen LogP contribution >= 0.6 is 0 Å². The number of nitrogens with zero attached hydrogens (tertiary/aromatic N) is 2. The fourth-order valence-electron chi connectivity index (χ4n) is 2.72. The molecule has 0 N–H and O–H groups in total. The van der Waals surface area contributed by atoms with Gasteiger partial charge in [-0.2, -0.15) is 26.3 Å². The summed E-state index contributed by atoms with van der Waals surface area (Å²) in [4.78, 5) is 15.0. The molecule has 0 atom stereocenters. The minimum absolute atomic E-state index is 0.0436. The molecule has 0 saturated carbocycles. The molecule has 0 spiro atoms. The highest BCUT2D eigenvalue weighted by molar-refractivity contribution is 5.88. The molecule has 0 amide bonds. The minimum Gasteiger partial charge on any atom is -0.485 e. The molecule has 0 aliphatic carbocycles. The van der Waals surface area contributed by atoms with Gasteiger partial charge in [-0.15, -0.1) is 0 Å². The summed E-state index contributed by atoms with van der Waals surface area (Å²) in [7, 11) is 0. The van der Waals surface area contributed by atoms with Crippen LogP contribution in [0.2, 0.25) is 0 Å². The highest BCUT2D eigenvalue weighted by atomic mass is 19.4.